The first-order valence-electron chi connectivity index (χ1n) is 10.0. The number of aromatic nitrogens is 2. The van der Waals surface area contributed by atoms with Gasteiger partial charge in [-0.1, -0.05) is 43.7 Å². The molecule has 0 aliphatic rings. The average Bonchev–Trinajstić information content (AvgIpc) is 2.70. The Morgan fingerprint density at radius 2 is 1.65 bits per heavy atom. The van der Waals surface area contributed by atoms with Crippen LogP contribution in [0.4, 0.5) is 0 Å². The molecule has 0 fully saturated rings. The van der Waals surface area contributed by atoms with E-state index >= 15 is 0 Å². The number of nitrogens with zero attached hydrogens (tertiary/aromatic N) is 2. The van der Waals surface area contributed by atoms with Crippen LogP contribution in [0.3, 0.4) is 0 Å². The molecule has 0 unspecified atom stereocenters. The molecule has 0 saturated heterocycles. The minimum absolute atomic E-state index is 0.0329. The Bertz CT molecular complexity index is 988. The van der Waals surface area contributed by atoms with E-state index in [0.29, 0.717) is 22.9 Å². The first-order valence-corrected chi connectivity index (χ1v) is 12.8. The van der Waals surface area contributed by atoms with Gasteiger partial charge in [-0.2, -0.15) is 0 Å². The summed E-state index contributed by atoms with van der Waals surface area (Å²) in [5.41, 5.74) is 7.58. The lowest BCUT2D eigenvalue weighted by molar-refractivity contribution is -0.119. The molecular weight excluding hydrogens is 436 g/mol. The van der Waals surface area contributed by atoms with Crippen LogP contribution in [0.25, 0.3) is 0 Å². The van der Waals surface area contributed by atoms with Crippen molar-refractivity contribution in [1.29, 1.82) is 0 Å². The summed E-state index contributed by atoms with van der Waals surface area (Å²) in [6, 6.07) is 8.82. The van der Waals surface area contributed by atoms with Gasteiger partial charge in [0.1, 0.15) is 5.75 Å². The van der Waals surface area contributed by atoms with E-state index in [0.717, 1.165) is 29.8 Å². The molecule has 0 spiro atoms. The quantitative estimate of drug-likeness (QED) is 0.240. The van der Waals surface area contributed by atoms with Crippen molar-refractivity contribution in [2.45, 2.75) is 50.9 Å². The summed E-state index contributed by atoms with van der Waals surface area (Å²) in [5.74, 6) is -1.31. The largest absolute Gasteiger partial charge is 0.272 e. The number of hydrogen-bond donors (Lipinski definition) is 2. The predicted octanol–water partition coefficient (Wildman–Crippen LogP) is 2.75. The normalized spacial score (nSPS) is 11.2. The van der Waals surface area contributed by atoms with Crippen molar-refractivity contribution in [3.05, 3.63) is 52.8 Å². The number of sulfone groups is 1. The summed E-state index contributed by atoms with van der Waals surface area (Å²) in [7, 11) is -3.48. The molecule has 8 nitrogen and oxygen atoms in total. The SMILES string of the molecule is CCCCCS(=O)(=O)CC(=O)NNC(=O)c1ccc(CSc2nc(C)cc(C)n2)cc1. The molecule has 1 heterocycles. The van der Waals surface area contributed by atoms with Gasteiger partial charge in [0.15, 0.2) is 15.0 Å². The zero-order valence-electron chi connectivity index (χ0n) is 18.0. The molecule has 31 heavy (non-hydrogen) atoms. The number of carbonyl (C=O) groups is 2. The van der Waals surface area contributed by atoms with Gasteiger partial charge in [-0.15, -0.1) is 0 Å². The number of rotatable bonds is 10. The molecule has 2 aromatic rings. The van der Waals surface area contributed by atoms with E-state index in [1.165, 1.54) is 11.8 Å². The van der Waals surface area contributed by atoms with Crippen LogP contribution >= 0.6 is 11.8 Å². The summed E-state index contributed by atoms with van der Waals surface area (Å²) in [5, 5.41) is 0.701. The first kappa shape index (κ1) is 24.8. The Balaban J connectivity index is 1.81. The van der Waals surface area contributed by atoms with Gasteiger partial charge in [-0.25, -0.2) is 18.4 Å². The van der Waals surface area contributed by atoms with Crippen molar-refractivity contribution in [3.63, 3.8) is 0 Å². The van der Waals surface area contributed by atoms with E-state index in [2.05, 4.69) is 20.8 Å². The monoisotopic (exact) mass is 464 g/mol. The van der Waals surface area contributed by atoms with Gasteiger partial charge in [0, 0.05) is 22.7 Å². The Kier molecular flexibility index (Phi) is 9.44. The lowest BCUT2D eigenvalue weighted by Gasteiger charge is -2.09. The number of hydrazine groups is 1. The summed E-state index contributed by atoms with van der Waals surface area (Å²) in [4.78, 5) is 32.8. The number of amides is 2. The van der Waals surface area contributed by atoms with Crippen LogP contribution in [-0.2, 0) is 20.4 Å². The van der Waals surface area contributed by atoms with Crippen molar-refractivity contribution in [2.75, 3.05) is 11.5 Å². The van der Waals surface area contributed by atoms with E-state index < -0.39 is 27.4 Å². The number of carbonyl (C=O) groups excluding carboxylic acids is 2. The maximum atomic E-state index is 12.2. The molecule has 2 N–H and O–H groups in total. The first-order chi connectivity index (χ1) is 14.7. The molecule has 1 aromatic carbocycles. The number of benzene rings is 1. The zero-order valence-corrected chi connectivity index (χ0v) is 19.6. The fourth-order valence-electron chi connectivity index (χ4n) is 2.74. The molecule has 0 radical (unpaired) electrons. The Morgan fingerprint density at radius 3 is 2.26 bits per heavy atom. The van der Waals surface area contributed by atoms with Crippen LogP contribution in [0.1, 0.15) is 53.5 Å². The standard InChI is InChI=1S/C21H28N4O4S2/c1-4-5-6-11-31(28,29)14-19(26)24-25-20(27)18-9-7-17(8-10-18)13-30-21-22-15(2)12-16(3)23-21/h7-10,12H,4-6,11,13-14H2,1-3H3,(H,24,26)(H,25,27). The lowest BCUT2D eigenvalue weighted by atomic mass is 10.1. The second-order valence-corrected chi connectivity index (χ2v) is 10.3. The number of unbranched alkanes of at least 4 members (excludes halogenated alkanes) is 2. The third-order valence-electron chi connectivity index (χ3n) is 4.27. The molecule has 0 aliphatic carbocycles. The summed E-state index contributed by atoms with van der Waals surface area (Å²) >= 11 is 1.51. The fraction of sp³-hybridized carbons (Fsp3) is 0.429. The highest BCUT2D eigenvalue weighted by Crippen LogP contribution is 2.20. The van der Waals surface area contributed by atoms with Crippen molar-refractivity contribution in [3.8, 4) is 0 Å². The van der Waals surface area contributed by atoms with Crippen molar-refractivity contribution in [2.24, 2.45) is 0 Å². The third kappa shape index (κ3) is 9.06. The van der Waals surface area contributed by atoms with Crippen LogP contribution < -0.4 is 10.9 Å². The summed E-state index contributed by atoms with van der Waals surface area (Å²) < 4.78 is 23.8. The van der Waals surface area contributed by atoms with E-state index in [1.807, 2.05) is 39.0 Å². The number of hydrogen-bond acceptors (Lipinski definition) is 7. The topological polar surface area (TPSA) is 118 Å². The minimum Gasteiger partial charge on any atom is -0.272 e. The smallest absolute Gasteiger partial charge is 0.269 e. The number of thioether (sulfide) groups is 1. The van der Waals surface area contributed by atoms with Gasteiger partial charge >= 0.3 is 0 Å². The molecule has 1 aromatic heterocycles. The van der Waals surface area contributed by atoms with Gasteiger partial charge in [0.2, 0.25) is 0 Å². The Labute approximate surface area is 187 Å². The Morgan fingerprint density at radius 1 is 1.00 bits per heavy atom. The van der Waals surface area contributed by atoms with Crippen LogP contribution in [-0.4, -0.2) is 41.7 Å². The number of aryl methyl sites for hydroxylation is 2. The van der Waals surface area contributed by atoms with Gasteiger partial charge in [-0.05, 0) is 44.0 Å². The fourth-order valence-corrected chi connectivity index (χ4v) is 4.90. The van der Waals surface area contributed by atoms with Gasteiger partial charge in [0.05, 0.1) is 5.75 Å². The zero-order chi connectivity index (χ0) is 22.9. The molecular formula is C21H28N4O4S2. The van der Waals surface area contributed by atoms with E-state index in [9.17, 15) is 18.0 Å². The molecule has 10 heteroatoms. The van der Waals surface area contributed by atoms with E-state index in [-0.39, 0.29) is 5.75 Å². The molecule has 168 valence electrons. The third-order valence-corrected chi connectivity index (χ3v) is 6.80. The van der Waals surface area contributed by atoms with E-state index in [1.54, 1.807) is 12.1 Å². The highest BCUT2D eigenvalue weighted by Gasteiger charge is 2.17. The molecule has 0 atom stereocenters. The average molecular weight is 465 g/mol. The molecule has 2 rings (SSSR count). The van der Waals surface area contributed by atoms with Crippen LogP contribution in [0, 0.1) is 13.8 Å². The van der Waals surface area contributed by atoms with Gasteiger partial charge in [0.25, 0.3) is 11.8 Å². The summed E-state index contributed by atoms with van der Waals surface area (Å²) in [6.45, 7) is 5.82. The van der Waals surface area contributed by atoms with Crippen LogP contribution in [0.2, 0.25) is 0 Å². The maximum Gasteiger partial charge on any atom is 0.269 e. The van der Waals surface area contributed by atoms with Crippen molar-refractivity contribution in [1.82, 2.24) is 20.8 Å². The van der Waals surface area contributed by atoms with E-state index in [4.69, 9.17) is 0 Å². The van der Waals surface area contributed by atoms with Gasteiger partial charge in [-0.3, -0.25) is 20.4 Å². The highest BCUT2D eigenvalue weighted by atomic mass is 32.2. The predicted molar refractivity (Wildman–Crippen MR) is 121 cm³/mol. The molecule has 0 saturated carbocycles. The van der Waals surface area contributed by atoms with Crippen molar-refractivity contribution >= 4 is 33.4 Å². The molecule has 2 amide bonds. The second kappa shape index (κ2) is 11.8. The minimum atomic E-state index is -3.48. The van der Waals surface area contributed by atoms with Crippen molar-refractivity contribution < 1.29 is 18.0 Å². The molecule has 0 bridgehead atoms. The van der Waals surface area contributed by atoms with Gasteiger partial charge < -0.3 is 0 Å². The Hall–Kier alpha value is -2.46. The second-order valence-electron chi connectivity index (χ2n) is 7.22. The summed E-state index contributed by atoms with van der Waals surface area (Å²) in [6.07, 6.45) is 2.22. The molecule has 0 aliphatic heterocycles. The highest BCUT2D eigenvalue weighted by molar-refractivity contribution is 7.98. The van der Waals surface area contributed by atoms with Crippen LogP contribution in [0.15, 0.2) is 35.5 Å². The lowest BCUT2D eigenvalue weighted by Crippen LogP contribution is -2.44. The maximum absolute atomic E-state index is 12.2. The van der Waals surface area contributed by atoms with Crippen LogP contribution in [0.5, 0.6) is 0 Å². The number of nitrogens with one attached hydrogen (secondary N) is 2.